The SMILES string of the molecule is c1ccc(-c2ccc(N(c3ccc4ccc5ccccc5c4c3)c3ccc(-c4cccc5ccccc45)c4oc5ccccc5c34)c3ccccc23)cc1. The van der Waals surface area contributed by atoms with Crippen LogP contribution in [-0.4, -0.2) is 0 Å². The molecule has 1 heterocycles. The van der Waals surface area contributed by atoms with Crippen molar-refractivity contribution in [2.24, 2.45) is 0 Å². The fourth-order valence-corrected chi connectivity index (χ4v) is 8.55. The van der Waals surface area contributed by atoms with Crippen molar-refractivity contribution in [3.05, 3.63) is 200 Å². The van der Waals surface area contributed by atoms with Crippen LogP contribution in [0.5, 0.6) is 0 Å². The Morgan fingerprint density at radius 2 is 0.926 bits per heavy atom. The highest BCUT2D eigenvalue weighted by molar-refractivity contribution is 6.20. The summed E-state index contributed by atoms with van der Waals surface area (Å²) in [6, 6.07) is 72.3. The summed E-state index contributed by atoms with van der Waals surface area (Å²) in [4.78, 5) is 2.45. The van der Waals surface area contributed by atoms with Gasteiger partial charge in [-0.05, 0) is 90.8 Å². The molecule has 54 heavy (non-hydrogen) atoms. The van der Waals surface area contributed by atoms with Crippen molar-refractivity contribution < 1.29 is 4.42 Å². The van der Waals surface area contributed by atoms with E-state index < -0.39 is 0 Å². The van der Waals surface area contributed by atoms with Gasteiger partial charge in [0.1, 0.15) is 11.2 Å². The van der Waals surface area contributed by atoms with Crippen LogP contribution in [-0.2, 0) is 0 Å². The van der Waals surface area contributed by atoms with E-state index >= 15 is 0 Å². The molecule has 0 bridgehead atoms. The van der Waals surface area contributed by atoms with Gasteiger partial charge in [0.05, 0.1) is 16.8 Å². The number of nitrogens with zero attached hydrogens (tertiary/aromatic N) is 1. The van der Waals surface area contributed by atoms with E-state index in [4.69, 9.17) is 4.42 Å². The average Bonchev–Trinajstić information content (AvgIpc) is 3.64. The number of hydrogen-bond donors (Lipinski definition) is 0. The Bertz CT molecular complexity index is 3220. The van der Waals surface area contributed by atoms with Crippen LogP contribution in [0.25, 0.3) is 87.3 Å². The maximum atomic E-state index is 6.92. The largest absolute Gasteiger partial charge is 0.455 e. The molecule has 11 rings (SSSR count). The molecule has 0 radical (unpaired) electrons. The molecule has 10 aromatic carbocycles. The summed E-state index contributed by atoms with van der Waals surface area (Å²) in [6.45, 7) is 0. The predicted molar refractivity (Wildman–Crippen MR) is 229 cm³/mol. The van der Waals surface area contributed by atoms with E-state index in [0.29, 0.717) is 0 Å². The Kier molecular flexibility index (Phi) is 6.90. The fourth-order valence-electron chi connectivity index (χ4n) is 8.55. The molecule has 0 saturated carbocycles. The summed E-state index contributed by atoms with van der Waals surface area (Å²) in [6.07, 6.45) is 0. The number of para-hydroxylation sites is 1. The molecular formula is C52H33NO. The normalized spacial score (nSPS) is 11.7. The Labute approximate surface area is 312 Å². The molecule has 0 amide bonds. The van der Waals surface area contributed by atoms with Gasteiger partial charge in [0.15, 0.2) is 0 Å². The molecule has 2 heteroatoms. The standard InChI is InChI=1S/C52H33NO/c1-2-13-34(14-3-1)41-29-31-48(44-21-9-8-20-42(41)44)53(38-28-27-37-26-25-36-16-5-7-19-40(36)47(37)33-38)49-32-30-45(43-23-12-17-35-15-4-6-18-39(35)43)52-51(49)46-22-10-11-24-50(46)54-52/h1-33H. The third kappa shape index (κ3) is 4.74. The zero-order valence-electron chi connectivity index (χ0n) is 29.4. The van der Waals surface area contributed by atoms with Crippen LogP contribution in [0.4, 0.5) is 17.1 Å². The molecule has 0 saturated heterocycles. The van der Waals surface area contributed by atoms with Crippen LogP contribution in [0, 0.1) is 0 Å². The predicted octanol–water partition coefficient (Wildman–Crippen LogP) is 15.0. The van der Waals surface area contributed by atoms with E-state index in [-0.39, 0.29) is 0 Å². The first-order valence-corrected chi connectivity index (χ1v) is 18.5. The highest BCUT2D eigenvalue weighted by Crippen LogP contribution is 2.49. The topological polar surface area (TPSA) is 16.4 Å². The molecule has 0 N–H and O–H groups in total. The Balaban J connectivity index is 1.25. The van der Waals surface area contributed by atoms with Gasteiger partial charge in [0, 0.05) is 22.0 Å². The van der Waals surface area contributed by atoms with Gasteiger partial charge in [-0.25, -0.2) is 0 Å². The van der Waals surface area contributed by atoms with Crippen LogP contribution in [0.3, 0.4) is 0 Å². The Hall–Kier alpha value is -7.16. The average molecular weight is 688 g/mol. The highest BCUT2D eigenvalue weighted by atomic mass is 16.3. The van der Waals surface area contributed by atoms with Gasteiger partial charge in [-0.1, -0.05) is 164 Å². The molecule has 1 aromatic heterocycles. The first kappa shape index (κ1) is 30.5. The smallest absolute Gasteiger partial charge is 0.145 e. The number of hydrogen-bond acceptors (Lipinski definition) is 2. The summed E-state index contributed by atoms with van der Waals surface area (Å²) in [5.41, 5.74) is 9.66. The lowest BCUT2D eigenvalue weighted by molar-refractivity contribution is 0.670. The van der Waals surface area contributed by atoms with Crippen LogP contribution in [0.15, 0.2) is 205 Å². The van der Waals surface area contributed by atoms with Gasteiger partial charge in [-0.2, -0.15) is 0 Å². The molecular weight excluding hydrogens is 655 g/mol. The number of benzene rings is 10. The number of rotatable bonds is 5. The first-order valence-electron chi connectivity index (χ1n) is 18.5. The maximum absolute atomic E-state index is 6.92. The van der Waals surface area contributed by atoms with Gasteiger partial charge in [-0.15, -0.1) is 0 Å². The summed E-state index contributed by atoms with van der Waals surface area (Å²) in [5, 5.41) is 11.9. The van der Waals surface area contributed by atoms with Crippen LogP contribution in [0.1, 0.15) is 0 Å². The number of anilines is 3. The van der Waals surface area contributed by atoms with E-state index in [2.05, 4.69) is 205 Å². The molecule has 0 aliphatic heterocycles. The molecule has 252 valence electrons. The molecule has 0 spiro atoms. The fraction of sp³-hybridized carbons (Fsp3) is 0. The highest BCUT2D eigenvalue weighted by Gasteiger charge is 2.24. The maximum Gasteiger partial charge on any atom is 0.145 e. The first-order chi connectivity index (χ1) is 26.8. The molecule has 11 aromatic rings. The zero-order chi connectivity index (χ0) is 35.6. The van der Waals surface area contributed by atoms with E-state index in [0.717, 1.165) is 50.1 Å². The van der Waals surface area contributed by atoms with Crippen molar-refractivity contribution in [3.8, 4) is 22.3 Å². The van der Waals surface area contributed by atoms with Gasteiger partial charge in [-0.3, -0.25) is 0 Å². The van der Waals surface area contributed by atoms with E-state index in [1.165, 1.54) is 54.2 Å². The molecule has 0 aliphatic carbocycles. The van der Waals surface area contributed by atoms with Crippen LogP contribution >= 0.6 is 0 Å². The molecule has 0 unspecified atom stereocenters. The van der Waals surface area contributed by atoms with Crippen molar-refractivity contribution in [2.45, 2.75) is 0 Å². The second kappa shape index (κ2) is 12.2. The van der Waals surface area contributed by atoms with Crippen molar-refractivity contribution in [3.63, 3.8) is 0 Å². The van der Waals surface area contributed by atoms with Crippen molar-refractivity contribution >= 4 is 82.1 Å². The lowest BCUT2D eigenvalue weighted by Crippen LogP contribution is -2.11. The van der Waals surface area contributed by atoms with Gasteiger partial charge in [0.25, 0.3) is 0 Å². The monoisotopic (exact) mass is 687 g/mol. The Morgan fingerprint density at radius 1 is 0.333 bits per heavy atom. The third-order valence-corrected chi connectivity index (χ3v) is 11.0. The molecule has 0 atom stereocenters. The van der Waals surface area contributed by atoms with E-state index in [1.54, 1.807) is 0 Å². The number of fused-ring (bicyclic) bond motifs is 8. The van der Waals surface area contributed by atoms with Crippen molar-refractivity contribution in [1.82, 2.24) is 0 Å². The molecule has 0 aliphatic rings. The molecule has 2 nitrogen and oxygen atoms in total. The second-order valence-corrected chi connectivity index (χ2v) is 14.0. The van der Waals surface area contributed by atoms with Gasteiger partial charge >= 0.3 is 0 Å². The van der Waals surface area contributed by atoms with E-state index in [9.17, 15) is 0 Å². The van der Waals surface area contributed by atoms with Crippen molar-refractivity contribution in [2.75, 3.05) is 4.90 Å². The summed E-state index contributed by atoms with van der Waals surface area (Å²) < 4.78 is 6.92. The lowest BCUT2D eigenvalue weighted by Gasteiger charge is -2.29. The minimum Gasteiger partial charge on any atom is -0.455 e. The van der Waals surface area contributed by atoms with Gasteiger partial charge in [0.2, 0.25) is 0 Å². The minimum atomic E-state index is 0.871. The Morgan fingerprint density at radius 3 is 1.76 bits per heavy atom. The summed E-state index contributed by atoms with van der Waals surface area (Å²) in [5.74, 6) is 0. The minimum absolute atomic E-state index is 0.871. The van der Waals surface area contributed by atoms with Crippen LogP contribution < -0.4 is 4.90 Å². The second-order valence-electron chi connectivity index (χ2n) is 14.0. The lowest BCUT2D eigenvalue weighted by atomic mass is 9.94. The number of furan rings is 1. The zero-order valence-corrected chi connectivity index (χ0v) is 29.4. The molecule has 0 fully saturated rings. The van der Waals surface area contributed by atoms with Crippen molar-refractivity contribution in [1.29, 1.82) is 0 Å². The van der Waals surface area contributed by atoms with Crippen LogP contribution in [0.2, 0.25) is 0 Å². The third-order valence-electron chi connectivity index (χ3n) is 11.0. The quantitative estimate of drug-likeness (QED) is 0.168. The summed E-state index contributed by atoms with van der Waals surface area (Å²) >= 11 is 0. The van der Waals surface area contributed by atoms with Gasteiger partial charge < -0.3 is 9.32 Å². The summed E-state index contributed by atoms with van der Waals surface area (Å²) in [7, 11) is 0. The van der Waals surface area contributed by atoms with E-state index in [1.807, 2.05) is 0 Å².